The van der Waals surface area contributed by atoms with Crippen molar-refractivity contribution in [1.82, 2.24) is 0 Å². The van der Waals surface area contributed by atoms with E-state index in [9.17, 15) is 17.6 Å². The number of ether oxygens (including phenoxy) is 1. The minimum Gasteiger partial charge on any atom is -0.497 e. The van der Waals surface area contributed by atoms with E-state index in [4.69, 9.17) is 4.74 Å². The second kappa shape index (κ2) is 4.29. The van der Waals surface area contributed by atoms with Crippen LogP contribution in [0.1, 0.15) is 0 Å². The number of methoxy groups -OCH3 is 1. The molecule has 1 aromatic rings. The van der Waals surface area contributed by atoms with Crippen LogP contribution in [0.15, 0.2) is 29.3 Å². The molecule has 15 heavy (non-hydrogen) atoms. The molecule has 0 aliphatic carbocycles. The predicted octanol–water partition coefficient (Wildman–Crippen LogP) is 3.26. The van der Waals surface area contributed by atoms with E-state index in [0.29, 0.717) is 5.75 Å². The quantitative estimate of drug-likeness (QED) is 0.554. The Bertz CT molecular complexity index is 355. The minimum atomic E-state index is -5.04. The van der Waals surface area contributed by atoms with Crippen molar-refractivity contribution in [3.8, 4) is 5.75 Å². The van der Waals surface area contributed by atoms with Crippen molar-refractivity contribution < 1.29 is 22.3 Å². The van der Waals surface area contributed by atoms with Crippen LogP contribution in [-0.2, 0) is 0 Å². The molecule has 0 atom stereocenters. The van der Waals surface area contributed by atoms with Gasteiger partial charge in [0.15, 0.2) is 0 Å². The zero-order valence-electron chi connectivity index (χ0n) is 7.68. The molecule has 2 nitrogen and oxygen atoms in total. The molecule has 0 N–H and O–H groups in total. The Balaban J connectivity index is 2.89. The highest BCUT2D eigenvalue weighted by atomic mass is 19.4. The highest BCUT2D eigenvalue weighted by molar-refractivity contribution is 5.83. The summed E-state index contributed by atoms with van der Waals surface area (Å²) in [6.07, 6.45) is -5.04. The van der Waals surface area contributed by atoms with Crippen LogP contribution >= 0.6 is 0 Å². The summed E-state index contributed by atoms with van der Waals surface area (Å²) < 4.78 is 52.4. The van der Waals surface area contributed by atoms with Crippen LogP contribution in [0.2, 0.25) is 0 Å². The lowest BCUT2D eigenvalue weighted by Gasteiger charge is -2.02. The molecule has 0 radical (unpaired) electrons. The Labute approximate surface area is 83.2 Å². The topological polar surface area (TPSA) is 21.6 Å². The van der Waals surface area contributed by atoms with Gasteiger partial charge in [-0.1, -0.05) is 0 Å². The second-order valence-corrected chi connectivity index (χ2v) is 2.60. The first-order valence-electron chi connectivity index (χ1n) is 3.89. The number of nitrogens with zero attached hydrogens (tertiary/aromatic N) is 1. The summed E-state index contributed by atoms with van der Waals surface area (Å²) in [4.78, 5) is 2.78. The first kappa shape index (κ1) is 11.5. The number of hydrogen-bond donors (Lipinski definition) is 0. The molecule has 1 rings (SSSR count). The van der Waals surface area contributed by atoms with E-state index in [-0.39, 0.29) is 5.69 Å². The average Bonchev–Trinajstić information content (AvgIpc) is 2.17. The summed E-state index contributed by atoms with van der Waals surface area (Å²) >= 11 is 0. The number of benzene rings is 1. The van der Waals surface area contributed by atoms with Gasteiger partial charge in [-0.3, -0.25) is 0 Å². The number of hydrogen-bond acceptors (Lipinski definition) is 2. The van der Waals surface area contributed by atoms with Gasteiger partial charge in [0.05, 0.1) is 12.8 Å². The van der Waals surface area contributed by atoms with E-state index in [2.05, 4.69) is 4.99 Å². The Hall–Kier alpha value is -1.59. The molecule has 0 saturated heterocycles. The number of alkyl halides is 3. The van der Waals surface area contributed by atoms with Crippen LogP contribution in [0.4, 0.5) is 23.2 Å². The monoisotopic (exact) mass is 221 g/mol. The Morgan fingerprint density at radius 2 is 1.73 bits per heavy atom. The average molecular weight is 221 g/mol. The van der Waals surface area contributed by atoms with E-state index in [1.807, 2.05) is 0 Å². The molecule has 6 heteroatoms. The van der Waals surface area contributed by atoms with Gasteiger partial charge in [-0.25, -0.2) is 4.99 Å². The van der Waals surface area contributed by atoms with Gasteiger partial charge >= 0.3 is 6.18 Å². The largest absolute Gasteiger partial charge is 0.497 e. The molecular weight excluding hydrogens is 214 g/mol. The van der Waals surface area contributed by atoms with Gasteiger partial charge in [-0.15, -0.1) is 0 Å². The summed E-state index contributed by atoms with van der Waals surface area (Å²) in [6.45, 7) is 0. The maximum atomic E-state index is 12.4. The van der Waals surface area contributed by atoms with Crippen LogP contribution in [0.3, 0.4) is 0 Å². The van der Waals surface area contributed by atoms with Crippen LogP contribution in [0.25, 0.3) is 0 Å². The summed E-state index contributed by atoms with van der Waals surface area (Å²) in [5.74, 6) is -1.91. The molecule has 0 saturated carbocycles. The molecule has 0 heterocycles. The Kier molecular flexibility index (Phi) is 3.28. The standard InChI is InChI=1S/C9H7F4NO/c1-15-7-4-2-6(3-5-7)14-8(10)9(11,12)13/h2-5H,1H3. The second-order valence-electron chi connectivity index (χ2n) is 2.60. The lowest BCUT2D eigenvalue weighted by molar-refractivity contribution is -0.0672. The fourth-order valence-electron chi connectivity index (χ4n) is 0.833. The Morgan fingerprint density at radius 3 is 2.13 bits per heavy atom. The van der Waals surface area contributed by atoms with Crippen molar-refractivity contribution in [2.75, 3.05) is 7.11 Å². The number of halogens is 4. The van der Waals surface area contributed by atoms with Crippen LogP contribution in [-0.4, -0.2) is 19.3 Å². The van der Waals surface area contributed by atoms with Crippen LogP contribution < -0.4 is 4.74 Å². The lowest BCUT2D eigenvalue weighted by atomic mass is 10.3. The van der Waals surface area contributed by atoms with E-state index in [1.165, 1.54) is 31.4 Å². The van der Waals surface area contributed by atoms with Gasteiger partial charge < -0.3 is 4.74 Å². The first-order chi connectivity index (χ1) is 6.93. The van der Waals surface area contributed by atoms with Gasteiger partial charge in [-0.2, -0.15) is 17.6 Å². The minimum absolute atomic E-state index is 0.120. The molecule has 0 bridgehead atoms. The van der Waals surface area contributed by atoms with Crippen molar-refractivity contribution in [2.45, 2.75) is 6.18 Å². The summed E-state index contributed by atoms with van der Waals surface area (Å²) in [7, 11) is 1.41. The van der Waals surface area contributed by atoms with E-state index >= 15 is 0 Å². The van der Waals surface area contributed by atoms with Gasteiger partial charge in [0.1, 0.15) is 5.75 Å². The highest BCUT2D eigenvalue weighted by Gasteiger charge is 2.36. The Morgan fingerprint density at radius 1 is 1.20 bits per heavy atom. The molecule has 0 aliphatic heterocycles. The summed E-state index contributed by atoms with van der Waals surface area (Å²) in [6, 6.07) is 5.24. The molecular formula is C9H7F4NO. The third kappa shape index (κ3) is 3.23. The normalized spacial score (nSPS) is 12.7. The van der Waals surface area contributed by atoms with E-state index < -0.39 is 12.1 Å². The zero-order valence-corrected chi connectivity index (χ0v) is 7.68. The first-order valence-corrected chi connectivity index (χ1v) is 3.89. The summed E-state index contributed by atoms with van der Waals surface area (Å²) in [5.41, 5.74) is -0.120. The SMILES string of the molecule is COc1ccc(N=C(F)C(F)(F)F)cc1. The van der Waals surface area contributed by atoms with Crippen molar-refractivity contribution in [3.05, 3.63) is 24.3 Å². The number of rotatable bonds is 2. The smallest absolute Gasteiger partial charge is 0.461 e. The van der Waals surface area contributed by atoms with Crippen molar-refractivity contribution >= 4 is 11.7 Å². The maximum absolute atomic E-state index is 12.4. The predicted molar refractivity (Wildman–Crippen MR) is 47.3 cm³/mol. The highest BCUT2D eigenvalue weighted by Crippen LogP contribution is 2.23. The molecule has 0 unspecified atom stereocenters. The molecule has 0 aromatic heterocycles. The molecule has 82 valence electrons. The fourth-order valence-corrected chi connectivity index (χ4v) is 0.833. The maximum Gasteiger partial charge on any atom is 0.461 e. The molecule has 0 amide bonds. The van der Waals surface area contributed by atoms with Crippen molar-refractivity contribution in [3.63, 3.8) is 0 Å². The molecule has 0 aliphatic rings. The fraction of sp³-hybridized carbons (Fsp3) is 0.222. The third-order valence-electron chi connectivity index (χ3n) is 1.53. The van der Waals surface area contributed by atoms with Gasteiger partial charge in [0, 0.05) is 0 Å². The van der Waals surface area contributed by atoms with Gasteiger partial charge in [-0.05, 0) is 24.3 Å². The van der Waals surface area contributed by atoms with Crippen molar-refractivity contribution in [1.29, 1.82) is 0 Å². The third-order valence-corrected chi connectivity index (χ3v) is 1.53. The van der Waals surface area contributed by atoms with E-state index in [0.717, 1.165) is 0 Å². The molecule has 1 aromatic carbocycles. The van der Waals surface area contributed by atoms with Gasteiger partial charge in [0.25, 0.3) is 5.97 Å². The summed E-state index contributed by atoms with van der Waals surface area (Å²) in [5, 5.41) is 0. The number of aliphatic imine (C=N–C) groups is 1. The lowest BCUT2D eigenvalue weighted by Crippen LogP contribution is -2.17. The van der Waals surface area contributed by atoms with Crippen LogP contribution in [0, 0.1) is 0 Å². The van der Waals surface area contributed by atoms with E-state index in [1.54, 1.807) is 0 Å². The van der Waals surface area contributed by atoms with Crippen LogP contribution in [0.5, 0.6) is 5.75 Å². The zero-order chi connectivity index (χ0) is 11.5. The molecule has 0 fully saturated rings. The molecule has 0 spiro atoms. The van der Waals surface area contributed by atoms with Crippen molar-refractivity contribution in [2.24, 2.45) is 4.99 Å². The van der Waals surface area contributed by atoms with Gasteiger partial charge in [0.2, 0.25) is 0 Å².